The van der Waals surface area contributed by atoms with Crippen LogP contribution in [0, 0.1) is 10.1 Å². The van der Waals surface area contributed by atoms with Gasteiger partial charge in [0.25, 0.3) is 5.69 Å². The second-order valence-electron chi connectivity index (χ2n) is 8.95. The van der Waals surface area contributed by atoms with Crippen LogP contribution in [0.25, 0.3) is 0 Å². The van der Waals surface area contributed by atoms with Gasteiger partial charge in [-0.2, -0.15) is 0 Å². The molecule has 2 N–H and O–H groups in total. The summed E-state index contributed by atoms with van der Waals surface area (Å²) in [5, 5.41) is 26.1. The van der Waals surface area contributed by atoms with Crippen molar-refractivity contribution in [1.82, 2.24) is 5.32 Å². The molecule has 2 aromatic carbocycles. The highest BCUT2D eigenvalue weighted by Gasteiger charge is 2.56. The number of methoxy groups -OCH3 is 3. The molecule has 0 bridgehead atoms. The number of hydrogen-bond donors (Lipinski definition) is 2. The Morgan fingerprint density at radius 1 is 1.27 bits per heavy atom. The van der Waals surface area contributed by atoms with Gasteiger partial charge in [-0.25, -0.2) is 4.79 Å². The van der Waals surface area contributed by atoms with E-state index in [1.165, 1.54) is 32.4 Å². The van der Waals surface area contributed by atoms with Gasteiger partial charge in [0.2, 0.25) is 0 Å². The number of aliphatic hydroxyl groups is 1. The van der Waals surface area contributed by atoms with Crippen LogP contribution < -0.4 is 19.7 Å². The molecule has 37 heavy (non-hydrogen) atoms. The van der Waals surface area contributed by atoms with Crippen LogP contribution >= 0.6 is 0 Å². The Bertz CT molecular complexity index is 1170. The number of nitrogens with zero attached hydrogens (tertiary/aromatic N) is 2. The number of rotatable bonds is 8. The van der Waals surface area contributed by atoms with Crippen LogP contribution in [0.5, 0.6) is 11.5 Å². The van der Waals surface area contributed by atoms with Crippen molar-refractivity contribution in [3.63, 3.8) is 0 Å². The minimum Gasteiger partial charge on any atom is -0.497 e. The summed E-state index contributed by atoms with van der Waals surface area (Å²) in [4.78, 5) is 25.4. The molecule has 2 aliphatic rings. The number of hydrogen-bond acceptors (Lipinski definition) is 10. The van der Waals surface area contributed by atoms with E-state index in [4.69, 9.17) is 23.7 Å². The van der Waals surface area contributed by atoms with Gasteiger partial charge < -0.3 is 39.0 Å². The average molecular weight is 518 g/mol. The molecule has 12 heteroatoms. The van der Waals surface area contributed by atoms with Crippen molar-refractivity contribution in [2.45, 2.75) is 50.5 Å². The number of carbonyl (C=O) groups excluding carboxylic acids is 1. The predicted molar refractivity (Wildman–Crippen MR) is 132 cm³/mol. The van der Waals surface area contributed by atoms with Gasteiger partial charge in [0.15, 0.2) is 18.1 Å². The number of alkyl carbamates (subject to hydrolysis) is 1. The maximum atomic E-state index is 12.5. The number of amides is 1. The molecule has 0 saturated heterocycles. The van der Waals surface area contributed by atoms with Gasteiger partial charge in [-0.1, -0.05) is 0 Å². The molecule has 2 aromatic rings. The largest absolute Gasteiger partial charge is 0.497 e. The predicted octanol–water partition coefficient (Wildman–Crippen LogP) is 2.91. The summed E-state index contributed by atoms with van der Waals surface area (Å²) < 4.78 is 28.3. The first-order valence-corrected chi connectivity index (χ1v) is 11.8. The second-order valence-corrected chi connectivity index (χ2v) is 8.95. The van der Waals surface area contributed by atoms with Crippen molar-refractivity contribution in [1.29, 1.82) is 0 Å². The van der Waals surface area contributed by atoms with Gasteiger partial charge in [-0.05, 0) is 43.7 Å². The van der Waals surface area contributed by atoms with Crippen LogP contribution in [-0.4, -0.2) is 68.2 Å². The van der Waals surface area contributed by atoms with E-state index in [1.807, 2.05) is 6.07 Å². The Hall–Kier alpha value is -3.61. The Labute approximate surface area is 214 Å². The molecule has 0 unspecified atom stereocenters. The first kappa shape index (κ1) is 26.5. The molecule has 1 amide bonds. The maximum absolute atomic E-state index is 12.5. The Morgan fingerprint density at radius 2 is 2.00 bits per heavy atom. The number of nitrogens with one attached hydrogen (secondary N) is 1. The molecule has 2 heterocycles. The Morgan fingerprint density at radius 3 is 2.62 bits per heavy atom. The van der Waals surface area contributed by atoms with E-state index in [0.29, 0.717) is 35.7 Å². The van der Waals surface area contributed by atoms with Gasteiger partial charge >= 0.3 is 6.09 Å². The van der Waals surface area contributed by atoms with E-state index in [2.05, 4.69) is 5.32 Å². The van der Waals surface area contributed by atoms with Crippen molar-refractivity contribution < 1.29 is 38.5 Å². The molecule has 0 radical (unpaired) electrons. The summed E-state index contributed by atoms with van der Waals surface area (Å²) in [6, 6.07) is 8.63. The summed E-state index contributed by atoms with van der Waals surface area (Å²) in [7, 11) is 4.40. The summed E-state index contributed by atoms with van der Waals surface area (Å²) in [5.74, 6) is 0.922. The fraction of sp³-hybridized carbons (Fsp3) is 0.480. The topological polar surface area (TPSA) is 142 Å². The molecule has 0 saturated carbocycles. The number of carbonyl (C=O) groups is 1. The van der Waals surface area contributed by atoms with Crippen molar-refractivity contribution in [3.8, 4) is 11.5 Å². The third-order valence-corrected chi connectivity index (χ3v) is 6.77. The van der Waals surface area contributed by atoms with E-state index in [0.717, 1.165) is 5.56 Å². The number of benzene rings is 2. The third kappa shape index (κ3) is 4.63. The van der Waals surface area contributed by atoms with E-state index in [9.17, 15) is 20.0 Å². The summed E-state index contributed by atoms with van der Waals surface area (Å²) >= 11 is 0. The highest BCUT2D eigenvalue weighted by Crippen LogP contribution is 2.50. The first-order chi connectivity index (χ1) is 17.7. The van der Waals surface area contributed by atoms with Gasteiger partial charge in [0, 0.05) is 50.6 Å². The fourth-order valence-electron chi connectivity index (χ4n) is 5.09. The smallest absolute Gasteiger partial charge is 0.409 e. The molecular weight excluding hydrogens is 486 g/mol. The molecule has 0 fully saturated rings. The summed E-state index contributed by atoms with van der Waals surface area (Å²) in [6.07, 6.45) is -3.50. The van der Waals surface area contributed by atoms with Crippen molar-refractivity contribution in [2.24, 2.45) is 0 Å². The van der Waals surface area contributed by atoms with Crippen molar-refractivity contribution in [2.75, 3.05) is 32.8 Å². The number of nitro benzene ring substituents is 1. The zero-order valence-electron chi connectivity index (χ0n) is 21.3. The highest BCUT2D eigenvalue weighted by molar-refractivity contribution is 5.70. The molecule has 2 aliphatic heterocycles. The SMILES string of the molecule is CCNC(=O)O[C@H]1Cc2cc(OC)ccc2N1[C@@H]1c2cc([N+](=O)[O-])ccc2O[C@@](C)(C(OC)OC)[C@H]1O. The van der Waals surface area contributed by atoms with Crippen LogP contribution in [0.3, 0.4) is 0 Å². The molecule has 200 valence electrons. The lowest BCUT2D eigenvalue weighted by molar-refractivity contribution is -0.385. The number of anilines is 1. The minimum atomic E-state index is -1.43. The van der Waals surface area contributed by atoms with Crippen LogP contribution in [0.2, 0.25) is 0 Å². The lowest BCUT2D eigenvalue weighted by Crippen LogP contribution is -2.63. The summed E-state index contributed by atoms with van der Waals surface area (Å²) in [5.41, 5.74) is 0.248. The maximum Gasteiger partial charge on any atom is 0.409 e. The average Bonchev–Trinajstić information content (AvgIpc) is 3.21. The highest BCUT2D eigenvalue weighted by atomic mass is 16.7. The zero-order valence-corrected chi connectivity index (χ0v) is 21.3. The van der Waals surface area contributed by atoms with E-state index in [1.54, 1.807) is 38.0 Å². The van der Waals surface area contributed by atoms with Gasteiger partial charge in [0.05, 0.1) is 18.1 Å². The molecule has 0 aromatic heterocycles. The molecule has 0 aliphatic carbocycles. The van der Waals surface area contributed by atoms with Crippen LogP contribution in [0.15, 0.2) is 36.4 Å². The number of aliphatic hydroxyl groups excluding tert-OH is 1. The fourth-order valence-corrected chi connectivity index (χ4v) is 5.09. The zero-order chi connectivity index (χ0) is 26.9. The standard InChI is InChI=1S/C25H31N3O9/c1-6-26-24(30)36-20-12-14-11-16(33-3)8-9-18(14)27(20)21-17-13-15(28(31)32)7-10-19(17)37-25(2,22(21)29)23(34-4)35-5/h7-11,13,20-23,29H,6,12H2,1-5H3,(H,26,30)/t20-,21+,22-,25+/m0/s1. The number of nitro groups is 1. The van der Waals surface area contributed by atoms with Crippen molar-refractivity contribution in [3.05, 3.63) is 57.6 Å². The number of fused-ring (bicyclic) bond motifs is 2. The minimum absolute atomic E-state index is 0.173. The number of ether oxygens (including phenoxy) is 5. The quantitative estimate of drug-likeness (QED) is 0.305. The number of non-ortho nitro benzene ring substituents is 1. The Kier molecular flexibility index (Phi) is 7.44. The van der Waals surface area contributed by atoms with E-state index >= 15 is 0 Å². The monoisotopic (exact) mass is 517 g/mol. The lowest BCUT2D eigenvalue weighted by Gasteiger charge is -2.50. The molecule has 0 spiro atoms. The van der Waals surface area contributed by atoms with E-state index < -0.39 is 41.3 Å². The summed E-state index contributed by atoms with van der Waals surface area (Å²) in [6.45, 7) is 3.77. The van der Waals surface area contributed by atoms with Crippen LogP contribution in [0.1, 0.15) is 31.0 Å². The first-order valence-electron chi connectivity index (χ1n) is 11.8. The van der Waals surface area contributed by atoms with Crippen LogP contribution in [-0.2, 0) is 20.6 Å². The lowest BCUT2D eigenvalue weighted by atomic mass is 9.83. The third-order valence-electron chi connectivity index (χ3n) is 6.77. The van der Waals surface area contributed by atoms with E-state index in [-0.39, 0.29) is 5.69 Å². The molecule has 4 atom stereocenters. The van der Waals surface area contributed by atoms with Gasteiger partial charge in [-0.15, -0.1) is 0 Å². The molecule has 12 nitrogen and oxygen atoms in total. The molecular formula is C25H31N3O9. The van der Waals surface area contributed by atoms with Gasteiger partial charge in [0.1, 0.15) is 17.6 Å². The normalized spacial score (nSPS) is 24.2. The Balaban J connectivity index is 1.91. The van der Waals surface area contributed by atoms with Crippen molar-refractivity contribution >= 4 is 17.5 Å². The van der Waals surface area contributed by atoms with Gasteiger partial charge in [-0.3, -0.25) is 10.1 Å². The van der Waals surface area contributed by atoms with Crippen LogP contribution in [0.4, 0.5) is 16.2 Å². The molecule has 4 rings (SSSR count). The second kappa shape index (κ2) is 10.4.